The summed E-state index contributed by atoms with van der Waals surface area (Å²) in [6, 6.07) is 5.87. The van der Waals surface area contributed by atoms with Crippen LogP contribution in [0.4, 0.5) is 5.88 Å². The van der Waals surface area contributed by atoms with Gasteiger partial charge in [0.05, 0.1) is 22.8 Å². The molecule has 1 aliphatic heterocycles. The van der Waals surface area contributed by atoms with Gasteiger partial charge in [-0.05, 0) is 6.07 Å². The lowest BCUT2D eigenvalue weighted by molar-refractivity contribution is -0.402. The fraction of sp³-hybridized carbons (Fsp3) is 0.125. The molecule has 26 heavy (non-hydrogen) atoms. The second-order valence-corrected chi connectivity index (χ2v) is 6.17. The van der Waals surface area contributed by atoms with E-state index in [1.54, 1.807) is 16.7 Å². The van der Waals surface area contributed by atoms with E-state index < -0.39 is 16.7 Å². The van der Waals surface area contributed by atoms with Crippen LogP contribution in [-0.2, 0) is 6.54 Å². The number of terminal acetylenes is 1. The lowest BCUT2D eigenvalue weighted by atomic mass is 10.3. The van der Waals surface area contributed by atoms with Crippen LogP contribution in [0, 0.1) is 22.5 Å². The molecule has 0 fully saturated rings. The van der Waals surface area contributed by atoms with Crippen molar-refractivity contribution in [3.05, 3.63) is 44.9 Å². The molecule has 0 N–H and O–H groups in total. The van der Waals surface area contributed by atoms with Gasteiger partial charge in [0.25, 0.3) is 0 Å². The Morgan fingerprint density at radius 2 is 2.15 bits per heavy atom. The minimum Gasteiger partial charge on any atom is -0.454 e. The molecule has 0 atom stereocenters. The van der Waals surface area contributed by atoms with E-state index in [-0.39, 0.29) is 19.1 Å². The van der Waals surface area contributed by atoms with Crippen molar-refractivity contribution in [3.8, 4) is 23.8 Å². The summed E-state index contributed by atoms with van der Waals surface area (Å²) >= 11 is 1.23. The molecule has 1 aliphatic rings. The van der Waals surface area contributed by atoms with Gasteiger partial charge >= 0.3 is 11.8 Å². The van der Waals surface area contributed by atoms with Crippen LogP contribution in [0.5, 0.6) is 11.5 Å². The molecule has 1 amide bonds. The maximum absolute atomic E-state index is 12.3. The number of ether oxygens (including phenoxy) is 2. The molecule has 130 valence electrons. The summed E-state index contributed by atoms with van der Waals surface area (Å²) in [7, 11) is 0. The zero-order valence-corrected chi connectivity index (χ0v) is 13.8. The molecule has 9 nitrogen and oxygen atoms in total. The highest BCUT2D eigenvalue weighted by Crippen LogP contribution is 2.36. The van der Waals surface area contributed by atoms with E-state index in [1.807, 2.05) is 0 Å². The average molecular weight is 371 g/mol. The number of hydrogen-bond acceptors (Lipinski definition) is 7. The second kappa shape index (κ2) is 6.05. The van der Waals surface area contributed by atoms with E-state index in [0.29, 0.717) is 16.3 Å². The Morgan fingerprint density at radius 1 is 1.38 bits per heavy atom. The molecule has 1 aromatic carbocycles. The van der Waals surface area contributed by atoms with Gasteiger partial charge in [0.2, 0.25) is 12.6 Å². The summed E-state index contributed by atoms with van der Waals surface area (Å²) in [5.41, 5.74) is 0.745. The fourth-order valence-electron chi connectivity index (χ4n) is 2.47. The van der Waals surface area contributed by atoms with Crippen LogP contribution in [0.15, 0.2) is 33.7 Å². The SMILES string of the molecule is C#CCn1c(=NC(=O)c2ccc([N+](=O)[O-])o2)sc2cc3c(cc21)OCO3. The van der Waals surface area contributed by atoms with Crippen molar-refractivity contribution in [1.29, 1.82) is 0 Å². The number of thiazole rings is 1. The first-order valence-corrected chi connectivity index (χ1v) is 8.08. The number of carbonyl (C=O) groups excluding carboxylic acids is 1. The summed E-state index contributed by atoms with van der Waals surface area (Å²) in [6.07, 6.45) is 5.43. The van der Waals surface area contributed by atoms with Gasteiger partial charge in [-0.25, -0.2) is 0 Å². The van der Waals surface area contributed by atoms with Crippen molar-refractivity contribution >= 4 is 33.3 Å². The number of furan rings is 1. The first kappa shape index (κ1) is 15.9. The number of fused-ring (bicyclic) bond motifs is 2. The monoisotopic (exact) mass is 371 g/mol. The first-order valence-electron chi connectivity index (χ1n) is 7.26. The smallest absolute Gasteiger partial charge is 0.433 e. The van der Waals surface area contributed by atoms with Gasteiger partial charge in [-0.1, -0.05) is 17.3 Å². The molecule has 10 heteroatoms. The highest BCUT2D eigenvalue weighted by molar-refractivity contribution is 7.16. The van der Waals surface area contributed by atoms with Crippen LogP contribution in [-0.4, -0.2) is 22.2 Å². The summed E-state index contributed by atoms with van der Waals surface area (Å²) in [5, 5.41) is 10.7. The van der Waals surface area contributed by atoms with Crippen molar-refractivity contribution in [2.75, 3.05) is 6.79 Å². The number of rotatable bonds is 3. The fourth-order valence-corrected chi connectivity index (χ4v) is 3.51. The van der Waals surface area contributed by atoms with Crippen LogP contribution in [0.1, 0.15) is 10.6 Å². The van der Waals surface area contributed by atoms with Crippen molar-refractivity contribution in [2.24, 2.45) is 4.99 Å². The highest BCUT2D eigenvalue weighted by Gasteiger charge is 2.19. The number of nitrogens with zero attached hydrogens (tertiary/aromatic N) is 3. The molecular weight excluding hydrogens is 362 g/mol. The Kier molecular flexibility index (Phi) is 3.70. The first-order chi connectivity index (χ1) is 12.6. The standard InChI is InChI=1S/C16H9N3O6S/c1-2-5-18-9-6-11-12(24-8-23-11)7-13(9)26-16(18)17-15(20)10-3-4-14(25-10)19(21)22/h1,3-4,6-7H,5,8H2. The predicted molar refractivity (Wildman–Crippen MR) is 90.0 cm³/mol. The average Bonchev–Trinajstić information content (AvgIpc) is 3.32. The minimum atomic E-state index is -0.740. The van der Waals surface area contributed by atoms with Crippen molar-refractivity contribution in [1.82, 2.24) is 4.57 Å². The summed E-state index contributed by atoms with van der Waals surface area (Å²) in [4.78, 5) is 26.6. The molecule has 0 spiro atoms. The summed E-state index contributed by atoms with van der Waals surface area (Å²) < 4.78 is 18.1. The Balaban J connectivity index is 1.83. The van der Waals surface area contributed by atoms with E-state index in [0.717, 1.165) is 16.3 Å². The third-order valence-corrected chi connectivity index (χ3v) is 4.65. The quantitative estimate of drug-likeness (QED) is 0.397. The molecule has 3 heterocycles. The zero-order chi connectivity index (χ0) is 18.3. The lowest BCUT2D eigenvalue weighted by Crippen LogP contribution is -2.16. The molecule has 0 unspecified atom stereocenters. The molecule has 3 aromatic rings. The van der Waals surface area contributed by atoms with Gasteiger partial charge in [0.1, 0.15) is 4.92 Å². The number of carbonyl (C=O) groups is 1. The Hall–Kier alpha value is -3.58. The number of nitro groups is 1. The summed E-state index contributed by atoms with van der Waals surface area (Å²) in [6.45, 7) is 0.332. The second-order valence-electron chi connectivity index (χ2n) is 5.16. The van der Waals surface area contributed by atoms with E-state index >= 15 is 0 Å². The van der Waals surface area contributed by atoms with Crippen molar-refractivity contribution < 1.29 is 23.6 Å². The molecule has 0 bridgehead atoms. The van der Waals surface area contributed by atoms with Crippen LogP contribution in [0.2, 0.25) is 0 Å². The molecule has 4 rings (SSSR count). The van der Waals surface area contributed by atoms with Gasteiger partial charge in [0, 0.05) is 12.1 Å². The van der Waals surface area contributed by atoms with Gasteiger partial charge in [0.15, 0.2) is 16.3 Å². The van der Waals surface area contributed by atoms with Crippen LogP contribution in [0.3, 0.4) is 0 Å². The molecule has 0 saturated carbocycles. The Labute approximate surface area is 149 Å². The largest absolute Gasteiger partial charge is 0.454 e. The molecular formula is C16H9N3O6S. The number of hydrogen-bond donors (Lipinski definition) is 0. The van der Waals surface area contributed by atoms with Gasteiger partial charge < -0.3 is 18.5 Å². The third kappa shape index (κ3) is 2.60. The van der Waals surface area contributed by atoms with Crippen LogP contribution >= 0.6 is 11.3 Å². The van der Waals surface area contributed by atoms with Gasteiger partial charge in [-0.15, -0.1) is 6.42 Å². The molecule has 0 saturated heterocycles. The number of aromatic nitrogens is 1. The van der Waals surface area contributed by atoms with Crippen molar-refractivity contribution in [3.63, 3.8) is 0 Å². The third-order valence-electron chi connectivity index (χ3n) is 3.61. The normalized spacial score (nSPS) is 13.1. The van der Waals surface area contributed by atoms with Crippen molar-refractivity contribution in [2.45, 2.75) is 6.54 Å². The van der Waals surface area contributed by atoms with E-state index in [1.165, 1.54) is 17.4 Å². The van der Waals surface area contributed by atoms with E-state index in [2.05, 4.69) is 10.9 Å². The Bertz CT molecular complexity index is 1160. The molecule has 0 radical (unpaired) electrons. The Morgan fingerprint density at radius 3 is 2.85 bits per heavy atom. The summed E-state index contributed by atoms with van der Waals surface area (Å²) in [5.74, 6) is 2.21. The maximum atomic E-state index is 12.3. The molecule has 2 aromatic heterocycles. The van der Waals surface area contributed by atoms with Gasteiger partial charge in [-0.3, -0.25) is 14.9 Å². The number of amides is 1. The van der Waals surface area contributed by atoms with Gasteiger partial charge in [-0.2, -0.15) is 4.99 Å². The molecule has 0 aliphatic carbocycles. The van der Waals surface area contributed by atoms with E-state index in [9.17, 15) is 14.9 Å². The lowest BCUT2D eigenvalue weighted by Gasteiger charge is -2.01. The predicted octanol–water partition coefficient (Wildman–Crippen LogP) is 2.31. The number of benzene rings is 1. The highest BCUT2D eigenvalue weighted by atomic mass is 32.1. The van der Waals surface area contributed by atoms with E-state index in [4.69, 9.17) is 20.3 Å². The topological polar surface area (TPSA) is 109 Å². The van der Waals surface area contributed by atoms with Crippen LogP contribution in [0.25, 0.3) is 10.2 Å². The zero-order valence-electron chi connectivity index (χ0n) is 13.0. The van der Waals surface area contributed by atoms with Crippen LogP contribution < -0.4 is 14.3 Å². The maximum Gasteiger partial charge on any atom is 0.433 e. The minimum absolute atomic E-state index is 0.148.